The lowest BCUT2D eigenvalue weighted by Gasteiger charge is -2.32. The molecule has 182 valence electrons. The highest BCUT2D eigenvalue weighted by atomic mass is 16.2. The van der Waals surface area contributed by atoms with E-state index in [2.05, 4.69) is 23.2 Å². The monoisotopic (exact) mass is 470 g/mol. The number of nitrogens with zero attached hydrogens (tertiary/aromatic N) is 2. The molecule has 0 amide bonds. The molecule has 0 bridgehead atoms. The zero-order valence-electron chi connectivity index (χ0n) is 21.4. The quantitative estimate of drug-likeness (QED) is 0.282. The van der Waals surface area contributed by atoms with E-state index in [1.807, 2.05) is 62.9 Å². The van der Waals surface area contributed by atoms with E-state index in [4.69, 9.17) is 0 Å². The summed E-state index contributed by atoms with van der Waals surface area (Å²) in [5.41, 5.74) is 5.35. The maximum Gasteiger partial charge on any atom is 0.249 e. The molecule has 5 rings (SSSR count). The third-order valence-electron chi connectivity index (χ3n) is 6.29. The van der Waals surface area contributed by atoms with Crippen LogP contribution in [0.1, 0.15) is 66.7 Å². The maximum absolute atomic E-state index is 12.9. The molecule has 0 N–H and O–H groups in total. The highest BCUT2D eigenvalue weighted by Gasteiger charge is 2.26. The van der Waals surface area contributed by atoms with Gasteiger partial charge in [0.05, 0.1) is 11.2 Å². The summed E-state index contributed by atoms with van der Waals surface area (Å²) < 4.78 is 0. The van der Waals surface area contributed by atoms with Crippen molar-refractivity contribution in [3.8, 4) is 0 Å². The van der Waals surface area contributed by atoms with Crippen molar-refractivity contribution in [1.82, 2.24) is 4.98 Å². The first-order valence-corrected chi connectivity index (χ1v) is 12.6. The van der Waals surface area contributed by atoms with Gasteiger partial charge < -0.3 is 4.90 Å². The predicted molar refractivity (Wildman–Crippen MR) is 144 cm³/mol. The molecule has 0 spiro atoms. The van der Waals surface area contributed by atoms with Crippen molar-refractivity contribution in [3.05, 3.63) is 103 Å². The van der Waals surface area contributed by atoms with Gasteiger partial charge in [-0.2, -0.15) is 0 Å². The molecule has 35 heavy (non-hydrogen) atoms. The summed E-state index contributed by atoms with van der Waals surface area (Å²) in [5.74, 6) is 0.0861. The van der Waals surface area contributed by atoms with Crippen LogP contribution in [0.25, 0.3) is 10.9 Å². The van der Waals surface area contributed by atoms with E-state index in [1.54, 1.807) is 13.1 Å². The molecule has 1 aliphatic heterocycles. The van der Waals surface area contributed by atoms with Gasteiger partial charge in [-0.05, 0) is 48.6 Å². The smallest absolute Gasteiger partial charge is 0.249 e. The van der Waals surface area contributed by atoms with Crippen LogP contribution >= 0.6 is 0 Å². The van der Waals surface area contributed by atoms with Crippen molar-refractivity contribution in [3.63, 3.8) is 0 Å². The summed E-state index contributed by atoms with van der Waals surface area (Å²) >= 11 is 0. The molecule has 0 aliphatic carbocycles. The fourth-order valence-corrected chi connectivity index (χ4v) is 4.55. The van der Waals surface area contributed by atoms with Crippen molar-refractivity contribution >= 4 is 22.4 Å². The zero-order chi connectivity index (χ0) is 25.5. The number of carbonyl (C=O) groups is 1. The summed E-state index contributed by atoms with van der Waals surface area (Å²) in [5, 5.41) is 0.968. The molecule has 0 atom stereocenters. The van der Waals surface area contributed by atoms with Gasteiger partial charge in [0.15, 0.2) is 5.78 Å². The van der Waals surface area contributed by atoms with Gasteiger partial charge in [0.1, 0.15) is 0 Å². The second-order valence-electron chi connectivity index (χ2n) is 8.21. The molecule has 0 radical (unpaired) electrons. The normalized spacial score (nSPS) is 12.3. The van der Waals surface area contributed by atoms with Crippen LogP contribution in [0.5, 0.6) is 0 Å². The van der Waals surface area contributed by atoms with Crippen molar-refractivity contribution in [2.24, 2.45) is 0 Å². The second-order valence-corrected chi connectivity index (χ2v) is 8.21. The third-order valence-corrected chi connectivity index (χ3v) is 6.29. The van der Waals surface area contributed by atoms with E-state index in [9.17, 15) is 14.4 Å². The van der Waals surface area contributed by atoms with Crippen LogP contribution in [-0.4, -0.2) is 17.3 Å². The number of fused-ring (bicyclic) bond motifs is 2. The van der Waals surface area contributed by atoms with Gasteiger partial charge in [-0.15, -0.1) is 0 Å². The number of aryl methyl sites for hydroxylation is 1. The van der Waals surface area contributed by atoms with Gasteiger partial charge in [-0.25, -0.2) is 0 Å². The lowest BCUT2D eigenvalue weighted by molar-refractivity contribution is 0.0984. The molecule has 0 fully saturated rings. The van der Waals surface area contributed by atoms with Gasteiger partial charge in [0, 0.05) is 42.2 Å². The van der Waals surface area contributed by atoms with Crippen molar-refractivity contribution < 1.29 is 4.79 Å². The minimum atomic E-state index is -0.369. The third kappa shape index (κ3) is 5.24. The molecule has 1 aromatic heterocycles. The Morgan fingerprint density at radius 1 is 0.943 bits per heavy atom. The Morgan fingerprint density at radius 2 is 1.69 bits per heavy atom. The molecule has 5 heteroatoms. The first-order chi connectivity index (χ1) is 17.0. The summed E-state index contributed by atoms with van der Waals surface area (Å²) in [6.45, 7) is 11.1. The fourth-order valence-electron chi connectivity index (χ4n) is 4.55. The van der Waals surface area contributed by atoms with Crippen LogP contribution in [0.2, 0.25) is 0 Å². The van der Waals surface area contributed by atoms with E-state index < -0.39 is 0 Å². The minimum absolute atomic E-state index is 0.0861. The Bertz CT molecular complexity index is 1390. The predicted octanol–water partition coefficient (Wildman–Crippen LogP) is 5.57. The Morgan fingerprint density at radius 3 is 2.43 bits per heavy atom. The summed E-state index contributed by atoms with van der Waals surface area (Å²) in [6, 6.07) is 15.9. The van der Waals surface area contributed by atoms with Crippen molar-refractivity contribution in [2.75, 3.05) is 11.4 Å². The van der Waals surface area contributed by atoms with Gasteiger partial charge in [0.2, 0.25) is 10.9 Å². The molecular weight excluding hydrogens is 436 g/mol. The first-order valence-electron chi connectivity index (χ1n) is 12.6. The number of hydrogen-bond acceptors (Lipinski definition) is 5. The number of anilines is 1. The number of aromatic nitrogens is 1. The molecule has 4 aromatic rings. The van der Waals surface area contributed by atoms with Gasteiger partial charge in [-0.3, -0.25) is 19.4 Å². The Balaban J connectivity index is 0.000000815. The highest BCUT2D eigenvalue weighted by Crippen LogP contribution is 2.26. The first kappa shape index (κ1) is 26.0. The number of pyridine rings is 1. The maximum atomic E-state index is 12.9. The van der Waals surface area contributed by atoms with Crippen LogP contribution in [0, 0.1) is 6.92 Å². The lowest BCUT2D eigenvalue weighted by Crippen LogP contribution is -2.44. The van der Waals surface area contributed by atoms with Gasteiger partial charge >= 0.3 is 0 Å². The van der Waals surface area contributed by atoms with Gasteiger partial charge in [-0.1, -0.05) is 64.1 Å². The summed E-state index contributed by atoms with van der Waals surface area (Å²) in [6.07, 6.45) is 3.62. The standard InChI is InChI=1S/C26H22N2O3.2C2H6/c1-16-24(26(31)25(16)30)28-13-11-18-9-7-17(14-20(18)15-28)8-10-22(29)21-6-2-4-19-5-3-12-27-23(19)21;2*1-2/h2-7,9,12,14H,8,10-11,13,15H2,1H3;2*1-2H3. The largest absolute Gasteiger partial charge is 0.363 e. The van der Waals surface area contributed by atoms with E-state index in [0.717, 1.165) is 35.0 Å². The van der Waals surface area contributed by atoms with Crippen LogP contribution in [0.4, 0.5) is 5.69 Å². The van der Waals surface area contributed by atoms with Crippen LogP contribution in [0.15, 0.2) is 64.3 Å². The van der Waals surface area contributed by atoms with E-state index in [-0.39, 0.29) is 16.6 Å². The molecular formula is C30H34N2O3. The number of Topliss-reactive ketones (excluding diaryl/α,β-unsaturated/α-hetero) is 1. The van der Waals surface area contributed by atoms with Crippen LogP contribution in [0.3, 0.4) is 0 Å². The topological polar surface area (TPSA) is 67.3 Å². The number of rotatable bonds is 5. The SMILES string of the molecule is CC.CC.Cc1c(N2CCc3ccc(CCC(=O)c4cccc5cccnc45)cc3C2)c(=O)c1=O. The molecule has 0 saturated carbocycles. The summed E-state index contributed by atoms with van der Waals surface area (Å²) in [7, 11) is 0. The van der Waals surface area contributed by atoms with E-state index in [0.29, 0.717) is 36.2 Å². The number of para-hydroxylation sites is 1. The number of carbonyl (C=O) groups excluding carboxylic acids is 1. The average molecular weight is 471 g/mol. The van der Waals surface area contributed by atoms with E-state index in [1.165, 1.54) is 5.56 Å². The van der Waals surface area contributed by atoms with E-state index >= 15 is 0 Å². The molecule has 1 aliphatic rings. The van der Waals surface area contributed by atoms with Crippen molar-refractivity contribution in [1.29, 1.82) is 0 Å². The molecule has 0 saturated heterocycles. The molecule has 2 heterocycles. The Hall–Kier alpha value is -3.60. The van der Waals surface area contributed by atoms with Crippen LogP contribution in [-0.2, 0) is 19.4 Å². The Kier molecular flexibility index (Phi) is 8.69. The van der Waals surface area contributed by atoms with Crippen LogP contribution < -0.4 is 15.8 Å². The molecule has 3 aromatic carbocycles. The van der Waals surface area contributed by atoms with Crippen molar-refractivity contribution in [2.45, 2.75) is 60.4 Å². The summed E-state index contributed by atoms with van der Waals surface area (Å²) in [4.78, 5) is 42.8. The Labute approximate surface area is 207 Å². The lowest BCUT2D eigenvalue weighted by atomic mass is 9.93. The molecule has 0 unspecified atom stereocenters. The average Bonchev–Trinajstić information content (AvgIpc) is 2.93. The number of hydrogen-bond donors (Lipinski definition) is 0. The zero-order valence-corrected chi connectivity index (χ0v) is 21.4. The minimum Gasteiger partial charge on any atom is -0.363 e. The number of ketones is 1. The fraction of sp³-hybridized carbons (Fsp3) is 0.333. The second kappa shape index (κ2) is 11.7. The number of benzene rings is 2. The van der Waals surface area contributed by atoms with Gasteiger partial charge in [0.25, 0.3) is 0 Å². The molecule has 5 nitrogen and oxygen atoms in total. The highest BCUT2D eigenvalue weighted by molar-refractivity contribution is 6.06.